The molecule has 1 heterocycles. The predicted molar refractivity (Wildman–Crippen MR) is 74.0 cm³/mol. The highest BCUT2D eigenvalue weighted by Gasteiger charge is 2.23. The van der Waals surface area contributed by atoms with Crippen molar-refractivity contribution < 1.29 is 8.42 Å². The molecule has 1 aliphatic heterocycles. The maximum Gasteiger partial charge on any atom is 0.211 e. The van der Waals surface area contributed by atoms with Crippen LogP contribution < -0.4 is 10.5 Å². The van der Waals surface area contributed by atoms with E-state index in [0.29, 0.717) is 19.5 Å². The molecule has 6 nitrogen and oxygen atoms in total. The van der Waals surface area contributed by atoms with E-state index in [2.05, 4.69) is 21.6 Å². The Morgan fingerprint density at radius 2 is 2.00 bits per heavy atom. The van der Waals surface area contributed by atoms with E-state index in [-0.39, 0.29) is 11.8 Å². The summed E-state index contributed by atoms with van der Waals surface area (Å²) in [4.78, 5) is 4.44. The summed E-state index contributed by atoms with van der Waals surface area (Å²) in [6.45, 7) is 3.96. The van der Waals surface area contributed by atoms with Gasteiger partial charge in [-0.1, -0.05) is 0 Å². The molecule has 0 amide bonds. The van der Waals surface area contributed by atoms with Crippen LogP contribution in [0.4, 0.5) is 0 Å². The lowest BCUT2D eigenvalue weighted by Gasteiger charge is -2.37. The highest BCUT2D eigenvalue weighted by Crippen LogP contribution is 2.05. The number of hydrogen-bond acceptors (Lipinski definition) is 5. The molecule has 0 aromatic heterocycles. The fourth-order valence-electron chi connectivity index (χ4n) is 2.05. The van der Waals surface area contributed by atoms with Gasteiger partial charge in [-0.2, -0.15) is 0 Å². The SMILES string of the molecule is CN1CCN(C)C(CNS(=O)(=O)CCCCN)C1. The van der Waals surface area contributed by atoms with Gasteiger partial charge in [-0.25, -0.2) is 13.1 Å². The number of nitrogens with one attached hydrogen (secondary N) is 1. The highest BCUT2D eigenvalue weighted by molar-refractivity contribution is 7.89. The molecule has 1 fully saturated rings. The predicted octanol–water partition coefficient (Wildman–Crippen LogP) is -1.11. The van der Waals surface area contributed by atoms with Crippen molar-refractivity contribution in [2.24, 2.45) is 5.73 Å². The van der Waals surface area contributed by atoms with Gasteiger partial charge in [0.15, 0.2) is 0 Å². The molecule has 0 aromatic rings. The second kappa shape index (κ2) is 7.40. The smallest absolute Gasteiger partial charge is 0.211 e. The molecular weight excluding hydrogens is 252 g/mol. The molecule has 1 aliphatic rings. The van der Waals surface area contributed by atoms with Crippen molar-refractivity contribution in [2.75, 3.05) is 52.6 Å². The van der Waals surface area contributed by atoms with Gasteiger partial charge in [0, 0.05) is 32.2 Å². The molecule has 1 saturated heterocycles. The second-order valence-corrected chi connectivity index (χ2v) is 6.99. The lowest BCUT2D eigenvalue weighted by atomic mass is 10.2. The number of sulfonamides is 1. The van der Waals surface area contributed by atoms with E-state index in [0.717, 1.165) is 26.1 Å². The Hall–Kier alpha value is -0.210. The van der Waals surface area contributed by atoms with E-state index >= 15 is 0 Å². The van der Waals surface area contributed by atoms with Crippen molar-refractivity contribution in [1.82, 2.24) is 14.5 Å². The third-order valence-electron chi connectivity index (χ3n) is 3.39. The van der Waals surface area contributed by atoms with Crippen LogP contribution in [0.5, 0.6) is 0 Å². The fourth-order valence-corrected chi connectivity index (χ4v) is 3.23. The van der Waals surface area contributed by atoms with E-state index in [9.17, 15) is 8.42 Å². The molecule has 108 valence electrons. The summed E-state index contributed by atoms with van der Waals surface area (Å²) in [7, 11) is 0.962. The maximum absolute atomic E-state index is 11.8. The summed E-state index contributed by atoms with van der Waals surface area (Å²) in [5.74, 6) is 0.177. The van der Waals surface area contributed by atoms with Crippen molar-refractivity contribution in [3.8, 4) is 0 Å². The van der Waals surface area contributed by atoms with Gasteiger partial charge < -0.3 is 10.6 Å². The largest absolute Gasteiger partial charge is 0.330 e. The maximum atomic E-state index is 11.8. The Morgan fingerprint density at radius 1 is 1.28 bits per heavy atom. The molecule has 0 bridgehead atoms. The number of unbranched alkanes of at least 4 members (excludes halogenated alkanes) is 1. The molecule has 1 atom stereocenters. The molecule has 0 aliphatic carbocycles. The average Bonchev–Trinajstić information content (AvgIpc) is 2.31. The van der Waals surface area contributed by atoms with E-state index in [1.54, 1.807) is 0 Å². The molecule has 18 heavy (non-hydrogen) atoms. The first-order valence-electron chi connectivity index (χ1n) is 6.51. The van der Waals surface area contributed by atoms with Crippen LogP contribution in [-0.2, 0) is 10.0 Å². The minimum Gasteiger partial charge on any atom is -0.330 e. The van der Waals surface area contributed by atoms with Crippen LogP contribution in [0.3, 0.4) is 0 Å². The first-order valence-corrected chi connectivity index (χ1v) is 8.16. The highest BCUT2D eigenvalue weighted by atomic mass is 32.2. The van der Waals surface area contributed by atoms with Gasteiger partial charge in [-0.15, -0.1) is 0 Å². The van der Waals surface area contributed by atoms with E-state index in [1.165, 1.54) is 0 Å². The Kier molecular flexibility index (Phi) is 6.51. The topological polar surface area (TPSA) is 78.7 Å². The number of nitrogens with two attached hydrogens (primary N) is 1. The summed E-state index contributed by atoms with van der Waals surface area (Å²) in [5.41, 5.74) is 5.35. The number of nitrogens with zero attached hydrogens (tertiary/aromatic N) is 2. The third-order valence-corrected chi connectivity index (χ3v) is 4.82. The number of piperazine rings is 1. The molecular formula is C11H26N4O2S. The first kappa shape index (κ1) is 15.8. The van der Waals surface area contributed by atoms with Gasteiger partial charge >= 0.3 is 0 Å². The average molecular weight is 278 g/mol. The van der Waals surface area contributed by atoms with Gasteiger partial charge in [0.2, 0.25) is 10.0 Å². The van der Waals surface area contributed by atoms with Crippen molar-refractivity contribution >= 4 is 10.0 Å². The van der Waals surface area contributed by atoms with Crippen LogP contribution in [0.25, 0.3) is 0 Å². The zero-order chi connectivity index (χ0) is 13.6. The van der Waals surface area contributed by atoms with Crippen molar-refractivity contribution in [2.45, 2.75) is 18.9 Å². The summed E-state index contributed by atoms with van der Waals surface area (Å²) in [5, 5.41) is 0. The Balaban J connectivity index is 2.34. The molecule has 3 N–H and O–H groups in total. The number of rotatable bonds is 7. The molecule has 1 rings (SSSR count). The summed E-state index contributed by atoms with van der Waals surface area (Å²) < 4.78 is 26.2. The minimum atomic E-state index is -3.14. The van der Waals surface area contributed by atoms with Crippen LogP contribution in [0.15, 0.2) is 0 Å². The zero-order valence-electron chi connectivity index (χ0n) is 11.4. The van der Waals surface area contributed by atoms with Crippen molar-refractivity contribution in [3.05, 3.63) is 0 Å². The lowest BCUT2D eigenvalue weighted by Crippen LogP contribution is -2.54. The standard InChI is InChI=1S/C11H26N4O2S/c1-14-6-7-15(2)11(10-14)9-13-18(16,17)8-4-3-5-12/h11,13H,3-10,12H2,1-2H3. The number of likely N-dealkylation sites (N-methyl/N-ethyl adjacent to an activating group) is 2. The molecule has 0 radical (unpaired) electrons. The van der Waals surface area contributed by atoms with Gasteiger partial charge in [-0.05, 0) is 33.5 Å². The molecule has 1 unspecified atom stereocenters. The third kappa shape index (κ3) is 5.62. The quantitative estimate of drug-likeness (QED) is 0.577. The summed E-state index contributed by atoms with van der Waals surface area (Å²) in [6.07, 6.45) is 1.39. The van der Waals surface area contributed by atoms with Gasteiger partial charge in [-0.3, -0.25) is 4.90 Å². The van der Waals surface area contributed by atoms with Crippen LogP contribution in [0.2, 0.25) is 0 Å². The summed E-state index contributed by atoms with van der Waals surface area (Å²) in [6, 6.07) is 0.257. The molecule has 7 heteroatoms. The fraction of sp³-hybridized carbons (Fsp3) is 1.00. The monoisotopic (exact) mass is 278 g/mol. The van der Waals surface area contributed by atoms with Crippen molar-refractivity contribution in [1.29, 1.82) is 0 Å². The Labute approximate surface area is 111 Å². The van der Waals surface area contributed by atoms with Crippen LogP contribution in [0.1, 0.15) is 12.8 Å². The van der Waals surface area contributed by atoms with Gasteiger partial charge in [0.25, 0.3) is 0 Å². The van der Waals surface area contributed by atoms with Crippen LogP contribution >= 0.6 is 0 Å². The Bertz CT molecular complexity index is 334. The molecule has 0 spiro atoms. The lowest BCUT2D eigenvalue weighted by molar-refractivity contribution is 0.117. The molecule has 0 aromatic carbocycles. The van der Waals surface area contributed by atoms with E-state index in [1.807, 2.05) is 7.05 Å². The van der Waals surface area contributed by atoms with E-state index in [4.69, 9.17) is 5.73 Å². The van der Waals surface area contributed by atoms with E-state index < -0.39 is 10.0 Å². The molecule has 0 saturated carbocycles. The van der Waals surface area contributed by atoms with Crippen LogP contribution in [-0.4, -0.2) is 76.8 Å². The second-order valence-electron chi connectivity index (χ2n) is 5.06. The number of hydrogen-bond donors (Lipinski definition) is 2. The zero-order valence-corrected chi connectivity index (χ0v) is 12.2. The Morgan fingerprint density at radius 3 is 2.67 bits per heavy atom. The normalized spacial score (nSPS) is 23.4. The van der Waals surface area contributed by atoms with Crippen molar-refractivity contribution in [3.63, 3.8) is 0 Å². The summed E-state index contributed by atoms with van der Waals surface area (Å²) >= 11 is 0. The van der Waals surface area contributed by atoms with Gasteiger partial charge in [0.1, 0.15) is 0 Å². The van der Waals surface area contributed by atoms with Gasteiger partial charge in [0.05, 0.1) is 5.75 Å². The minimum absolute atomic E-state index is 0.177. The first-order chi connectivity index (χ1) is 8.44. The van der Waals surface area contributed by atoms with Crippen LogP contribution in [0, 0.1) is 0 Å².